The summed E-state index contributed by atoms with van der Waals surface area (Å²) in [6.07, 6.45) is 3.71. The average molecular weight is 361 g/mol. The smallest absolute Gasteiger partial charge is 0.255 e. The van der Waals surface area contributed by atoms with Crippen LogP contribution in [0.1, 0.15) is 26.7 Å². The van der Waals surface area contributed by atoms with Gasteiger partial charge in [-0.3, -0.25) is 9.69 Å². The van der Waals surface area contributed by atoms with E-state index in [1.807, 2.05) is 0 Å². The Balaban J connectivity index is 1.69. The number of hydrogen-bond acceptors (Lipinski definition) is 4. The molecule has 1 saturated carbocycles. The Hall–Kier alpha value is -1.70. The van der Waals surface area contributed by atoms with E-state index in [4.69, 9.17) is 0 Å². The molecule has 1 saturated heterocycles. The van der Waals surface area contributed by atoms with Gasteiger partial charge in [-0.05, 0) is 32.8 Å². The monoisotopic (exact) mass is 361 g/mol. The topological polar surface area (TPSA) is 73.5 Å². The van der Waals surface area contributed by atoms with Crippen molar-refractivity contribution in [3.63, 3.8) is 0 Å². The van der Waals surface area contributed by atoms with Crippen LogP contribution in [0.2, 0.25) is 0 Å². The number of nitrogens with zero attached hydrogens (tertiary/aromatic N) is 2. The molecule has 1 aromatic carbocycles. The largest absolute Gasteiger partial charge is 0.327 e. The zero-order valence-electron chi connectivity index (χ0n) is 14.5. The first-order valence-electron chi connectivity index (χ1n) is 8.70. The first kappa shape index (κ1) is 16.8. The molecule has 4 rings (SSSR count). The lowest BCUT2D eigenvalue weighted by atomic mass is 10.1. The van der Waals surface area contributed by atoms with Crippen LogP contribution in [0.15, 0.2) is 40.2 Å². The first-order valence-corrected chi connectivity index (χ1v) is 10.1. The second-order valence-corrected chi connectivity index (χ2v) is 9.34. The van der Waals surface area contributed by atoms with Crippen LogP contribution in [0.3, 0.4) is 0 Å². The number of hydrogen-bond donors (Lipinski definition) is 1. The van der Waals surface area contributed by atoms with Crippen molar-refractivity contribution < 1.29 is 8.42 Å². The van der Waals surface area contributed by atoms with Gasteiger partial charge in [0.15, 0.2) is 0 Å². The van der Waals surface area contributed by atoms with Gasteiger partial charge in [-0.25, -0.2) is 8.42 Å². The molecule has 7 heteroatoms. The van der Waals surface area contributed by atoms with Crippen molar-refractivity contribution in [2.45, 2.75) is 43.2 Å². The minimum atomic E-state index is -3.65. The number of piperazine rings is 1. The van der Waals surface area contributed by atoms with Gasteiger partial charge in [0.1, 0.15) is 4.90 Å². The summed E-state index contributed by atoms with van der Waals surface area (Å²) >= 11 is 0. The number of fused-ring (bicyclic) bond motifs is 1. The molecule has 0 spiro atoms. The van der Waals surface area contributed by atoms with Crippen molar-refractivity contribution >= 4 is 20.8 Å². The molecule has 1 aliphatic carbocycles. The molecule has 0 radical (unpaired) electrons. The van der Waals surface area contributed by atoms with Crippen molar-refractivity contribution in [1.82, 2.24) is 14.2 Å². The van der Waals surface area contributed by atoms with Gasteiger partial charge in [0.2, 0.25) is 10.0 Å². The lowest BCUT2D eigenvalue weighted by Gasteiger charge is -2.42. The summed E-state index contributed by atoms with van der Waals surface area (Å²) in [4.78, 5) is 17.2. The summed E-state index contributed by atoms with van der Waals surface area (Å²) in [7, 11) is -3.65. The predicted octanol–water partition coefficient (Wildman–Crippen LogP) is 1.78. The lowest BCUT2D eigenvalue weighted by molar-refractivity contribution is 0.0783. The SMILES string of the molecule is CC1CN(S(=O)(=O)c2c[nH]c(=O)c3ccccc23)CCN1C1(C)CC1. The zero-order valence-corrected chi connectivity index (χ0v) is 15.3. The minimum Gasteiger partial charge on any atom is -0.327 e. The van der Waals surface area contributed by atoms with E-state index in [1.165, 1.54) is 19.0 Å². The third-order valence-corrected chi connectivity index (χ3v) is 7.55. The maximum Gasteiger partial charge on any atom is 0.255 e. The van der Waals surface area contributed by atoms with Crippen LogP contribution >= 0.6 is 0 Å². The van der Waals surface area contributed by atoms with E-state index in [9.17, 15) is 13.2 Å². The molecule has 0 amide bonds. The van der Waals surface area contributed by atoms with Crippen LogP contribution in [-0.2, 0) is 10.0 Å². The van der Waals surface area contributed by atoms with Crippen molar-refractivity contribution in [2.75, 3.05) is 19.6 Å². The molecule has 2 fully saturated rings. The number of H-pyrrole nitrogens is 1. The molecule has 1 aliphatic heterocycles. The fourth-order valence-corrected chi connectivity index (χ4v) is 5.62. The van der Waals surface area contributed by atoms with Crippen LogP contribution in [0, 0.1) is 0 Å². The molecular weight excluding hydrogens is 338 g/mol. The summed E-state index contributed by atoms with van der Waals surface area (Å²) in [6, 6.07) is 7.04. The molecule has 134 valence electrons. The highest BCUT2D eigenvalue weighted by molar-refractivity contribution is 7.89. The van der Waals surface area contributed by atoms with E-state index in [0.717, 1.165) is 6.54 Å². The number of sulfonamides is 1. The predicted molar refractivity (Wildman–Crippen MR) is 97.1 cm³/mol. The highest BCUT2D eigenvalue weighted by atomic mass is 32.2. The Morgan fingerprint density at radius 1 is 1.16 bits per heavy atom. The van der Waals surface area contributed by atoms with Gasteiger partial charge in [-0.1, -0.05) is 18.2 Å². The van der Waals surface area contributed by atoms with E-state index in [-0.39, 0.29) is 22.0 Å². The number of rotatable bonds is 3. The normalized spacial score (nSPS) is 24.5. The van der Waals surface area contributed by atoms with Crippen molar-refractivity contribution in [3.05, 3.63) is 40.8 Å². The Labute approximate surface area is 147 Å². The van der Waals surface area contributed by atoms with Gasteiger partial charge in [-0.15, -0.1) is 0 Å². The van der Waals surface area contributed by atoms with Gasteiger partial charge in [0.05, 0.1) is 0 Å². The maximum atomic E-state index is 13.2. The molecular formula is C18H23N3O3S. The number of aromatic amines is 1. The molecule has 25 heavy (non-hydrogen) atoms. The fraction of sp³-hybridized carbons (Fsp3) is 0.500. The summed E-state index contributed by atoms with van der Waals surface area (Å²) in [5.41, 5.74) is -0.0191. The first-order chi connectivity index (χ1) is 11.8. The van der Waals surface area contributed by atoms with Crippen LogP contribution in [0.4, 0.5) is 0 Å². The highest BCUT2D eigenvalue weighted by Crippen LogP contribution is 2.43. The Bertz CT molecular complexity index is 978. The van der Waals surface area contributed by atoms with Crippen LogP contribution < -0.4 is 5.56 Å². The standard InChI is InChI=1S/C18H23N3O3S/c1-13-12-20(9-10-21(13)18(2)7-8-18)25(23,24)16-11-19-17(22)15-6-4-3-5-14(15)16/h3-6,11,13H,7-10,12H2,1-2H3,(H,19,22). The molecule has 2 aliphatic rings. The summed E-state index contributed by atoms with van der Waals surface area (Å²) in [6.45, 7) is 6.05. The quantitative estimate of drug-likeness (QED) is 0.904. The minimum absolute atomic E-state index is 0.181. The van der Waals surface area contributed by atoms with E-state index in [0.29, 0.717) is 23.9 Å². The Morgan fingerprint density at radius 2 is 1.84 bits per heavy atom. The van der Waals surface area contributed by atoms with Crippen molar-refractivity contribution in [1.29, 1.82) is 0 Å². The molecule has 1 aromatic heterocycles. The van der Waals surface area contributed by atoms with Crippen LogP contribution in [0.5, 0.6) is 0 Å². The average Bonchev–Trinajstić information content (AvgIpc) is 3.33. The molecule has 0 bridgehead atoms. The second kappa shape index (κ2) is 5.65. The highest BCUT2D eigenvalue weighted by Gasteiger charge is 2.47. The number of pyridine rings is 1. The number of nitrogens with one attached hydrogen (secondary N) is 1. The van der Waals surface area contributed by atoms with E-state index in [2.05, 4.69) is 23.7 Å². The fourth-order valence-electron chi connectivity index (χ4n) is 3.95. The summed E-state index contributed by atoms with van der Waals surface area (Å²) in [5, 5.41) is 0.885. The van der Waals surface area contributed by atoms with E-state index in [1.54, 1.807) is 28.6 Å². The zero-order chi connectivity index (χ0) is 17.8. The third kappa shape index (κ3) is 2.70. The molecule has 1 N–H and O–H groups in total. The molecule has 2 aromatic rings. The third-order valence-electron chi connectivity index (χ3n) is 5.65. The summed E-state index contributed by atoms with van der Waals surface area (Å²) in [5.74, 6) is 0. The Morgan fingerprint density at radius 3 is 2.48 bits per heavy atom. The Kier molecular flexibility index (Phi) is 3.79. The van der Waals surface area contributed by atoms with Gasteiger partial charge < -0.3 is 4.98 Å². The van der Waals surface area contributed by atoms with Crippen LogP contribution in [0.25, 0.3) is 10.8 Å². The molecule has 2 heterocycles. The van der Waals surface area contributed by atoms with Gasteiger partial charge in [0, 0.05) is 48.2 Å². The van der Waals surface area contributed by atoms with E-state index < -0.39 is 10.0 Å². The van der Waals surface area contributed by atoms with Crippen molar-refractivity contribution in [2.24, 2.45) is 0 Å². The maximum absolute atomic E-state index is 13.2. The molecule has 6 nitrogen and oxygen atoms in total. The second-order valence-electron chi connectivity index (χ2n) is 7.43. The van der Waals surface area contributed by atoms with Gasteiger partial charge in [0.25, 0.3) is 5.56 Å². The van der Waals surface area contributed by atoms with E-state index >= 15 is 0 Å². The number of benzene rings is 1. The van der Waals surface area contributed by atoms with Gasteiger partial charge >= 0.3 is 0 Å². The van der Waals surface area contributed by atoms with Gasteiger partial charge in [-0.2, -0.15) is 4.31 Å². The molecule has 1 atom stereocenters. The van der Waals surface area contributed by atoms with Crippen molar-refractivity contribution in [3.8, 4) is 0 Å². The number of aromatic nitrogens is 1. The van der Waals surface area contributed by atoms with Crippen LogP contribution in [-0.4, -0.2) is 53.8 Å². The lowest BCUT2D eigenvalue weighted by Crippen LogP contribution is -2.56. The molecule has 1 unspecified atom stereocenters. The summed E-state index contributed by atoms with van der Waals surface area (Å²) < 4.78 is 28.0.